The second-order valence-corrected chi connectivity index (χ2v) is 4.94. The second-order valence-electron chi connectivity index (χ2n) is 4.94. The molecule has 5 nitrogen and oxygen atoms in total. The molecule has 2 rings (SSSR count). The highest BCUT2D eigenvalue weighted by atomic mass is 19.4. The molecule has 2 aromatic rings. The van der Waals surface area contributed by atoms with Gasteiger partial charge in [-0.2, -0.15) is 26.3 Å². The Kier molecular flexibility index (Phi) is 5.19. The molecule has 2 amide bonds. The molecule has 0 fully saturated rings. The zero-order valence-electron chi connectivity index (χ0n) is 12.6. The monoisotopic (exact) mass is 377 g/mol. The van der Waals surface area contributed by atoms with Crippen molar-refractivity contribution >= 4 is 11.8 Å². The fourth-order valence-corrected chi connectivity index (χ4v) is 1.84. The van der Waals surface area contributed by atoms with Crippen LogP contribution in [0.5, 0.6) is 0 Å². The fraction of sp³-hybridized carbons (Fsp3) is 0.133. The highest BCUT2D eigenvalue weighted by molar-refractivity contribution is 5.99. The van der Waals surface area contributed by atoms with E-state index in [0.717, 1.165) is 6.20 Å². The summed E-state index contributed by atoms with van der Waals surface area (Å²) in [4.78, 5) is 27.2. The lowest BCUT2D eigenvalue weighted by Gasteiger charge is -2.14. The molecule has 11 heteroatoms. The van der Waals surface area contributed by atoms with Gasteiger partial charge in [-0.05, 0) is 30.3 Å². The van der Waals surface area contributed by atoms with E-state index in [0.29, 0.717) is 0 Å². The van der Waals surface area contributed by atoms with Crippen molar-refractivity contribution < 1.29 is 35.9 Å². The van der Waals surface area contributed by atoms with Gasteiger partial charge in [0.2, 0.25) is 0 Å². The molecule has 0 radical (unpaired) electrons. The number of nitrogens with one attached hydrogen (secondary N) is 2. The molecule has 0 saturated carbocycles. The van der Waals surface area contributed by atoms with Crippen LogP contribution in [0.15, 0.2) is 42.7 Å². The van der Waals surface area contributed by atoms with Crippen LogP contribution in [-0.2, 0) is 12.4 Å². The lowest BCUT2D eigenvalue weighted by molar-refractivity contribution is -0.143. The number of hydrazine groups is 1. The van der Waals surface area contributed by atoms with Gasteiger partial charge >= 0.3 is 12.4 Å². The number of benzene rings is 1. The largest absolute Gasteiger partial charge is 0.416 e. The Hall–Kier alpha value is -3.11. The maximum Gasteiger partial charge on any atom is 0.416 e. The average molecular weight is 377 g/mol. The quantitative estimate of drug-likeness (QED) is 0.624. The van der Waals surface area contributed by atoms with Gasteiger partial charge in [-0.15, -0.1) is 0 Å². The van der Waals surface area contributed by atoms with Gasteiger partial charge in [0.05, 0.1) is 16.7 Å². The first-order valence-corrected chi connectivity index (χ1v) is 6.78. The Morgan fingerprint density at radius 3 is 1.73 bits per heavy atom. The third kappa shape index (κ3) is 4.71. The van der Waals surface area contributed by atoms with E-state index in [2.05, 4.69) is 4.98 Å². The zero-order valence-corrected chi connectivity index (χ0v) is 12.6. The van der Waals surface area contributed by atoms with Crippen LogP contribution in [0.1, 0.15) is 31.8 Å². The summed E-state index contributed by atoms with van der Waals surface area (Å²) >= 11 is 0. The molecule has 1 aromatic heterocycles. The minimum absolute atomic E-state index is 0.0211. The predicted octanol–water partition coefficient (Wildman–Crippen LogP) is 3.19. The summed E-state index contributed by atoms with van der Waals surface area (Å²) in [5.74, 6) is -2.20. The van der Waals surface area contributed by atoms with Crippen molar-refractivity contribution in [2.45, 2.75) is 12.4 Å². The Morgan fingerprint density at radius 1 is 0.808 bits per heavy atom. The van der Waals surface area contributed by atoms with Crippen molar-refractivity contribution in [1.29, 1.82) is 0 Å². The number of halogens is 6. The molecular formula is C15H9F6N3O2. The van der Waals surface area contributed by atoms with Crippen LogP contribution in [-0.4, -0.2) is 16.8 Å². The first-order valence-electron chi connectivity index (χ1n) is 6.78. The van der Waals surface area contributed by atoms with E-state index >= 15 is 0 Å². The number of carbonyl (C=O) groups is 2. The van der Waals surface area contributed by atoms with Crippen LogP contribution >= 0.6 is 0 Å². The zero-order chi connectivity index (χ0) is 19.5. The molecule has 1 heterocycles. The molecule has 0 atom stereocenters. The lowest BCUT2D eigenvalue weighted by atomic mass is 10.0. The Morgan fingerprint density at radius 2 is 1.31 bits per heavy atom. The van der Waals surface area contributed by atoms with E-state index in [-0.39, 0.29) is 23.8 Å². The smallest absolute Gasteiger partial charge is 0.267 e. The summed E-state index contributed by atoms with van der Waals surface area (Å²) in [6.07, 6.45) is -7.66. The maximum atomic E-state index is 12.8. The normalized spacial score (nSPS) is 11.8. The van der Waals surface area contributed by atoms with Crippen LogP contribution in [0.3, 0.4) is 0 Å². The molecule has 0 aliphatic carbocycles. The molecule has 138 valence electrons. The van der Waals surface area contributed by atoms with Crippen molar-refractivity contribution in [3.05, 3.63) is 65.0 Å². The van der Waals surface area contributed by atoms with Gasteiger partial charge < -0.3 is 0 Å². The van der Waals surface area contributed by atoms with Crippen molar-refractivity contribution in [2.75, 3.05) is 0 Å². The molecule has 26 heavy (non-hydrogen) atoms. The number of hydrogen-bond acceptors (Lipinski definition) is 3. The van der Waals surface area contributed by atoms with Crippen molar-refractivity contribution in [3.63, 3.8) is 0 Å². The van der Waals surface area contributed by atoms with E-state index in [1.54, 1.807) is 5.43 Å². The molecule has 0 spiro atoms. The van der Waals surface area contributed by atoms with Gasteiger partial charge in [-0.1, -0.05) is 0 Å². The predicted molar refractivity (Wildman–Crippen MR) is 75.6 cm³/mol. The summed E-state index contributed by atoms with van der Waals surface area (Å²) < 4.78 is 76.6. The first-order chi connectivity index (χ1) is 12.0. The van der Waals surface area contributed by atoms with E-state index in [9.17, 15) is 35.9 Å². The minimum atomic E-state index is -5.09. The minimum Gasteiger partial charge on any atom is -0.267 e. The molecule has 0 bridgehead atoms. The molecule has 0 saturated heterocycles. The Labute approximate surface area is 142 Å². The number of alkyl halides is 6. The summed E-state index contributed by atoms with van der Waals surface area (Å²) in [6, 6.07) is 3.15. The fourth-order valence-electron chi connectivity index (χ4n) is 1.84. The molecule has 0 aliphatic heterocycles. The van der Waals surface area contributed by atoms with Gasteiger partial charge in [0.25, 0.3) is 11.8 Å². The molecular weight excluding hydrogens is 368 g/mol. The second kappa shape index (κ2) is 7.02. The summed E-state index contributed by atoms with van der Waals surface area (Å²) in [7, 11) is 0. The van der Waals surface area contributed by atoms with Crippen LogP contribution in [0.2, 0.25) is 0 Å². The van der Waals surface area contributed by atoms with Gasteiger partial charge in [0, 0.05) is 18.0 Å². The van der Waals surface area contributed by atoms with Gasteiger partial charge in [-0.3, -0.25) is 25.4 Å². The van der Waals surface area contributed by atoms with Crippen LogP contribution in [0.25, 0.3) is 0 Å². The summed E-state index contributed by atoms with van der Waals surface area (Å²) in [5, 5.41) is 0. The molecule has 1 aromatic carbocycles. The first kappa shape index (κ1) is 19.2. The van der Waals surface area contributed by atoms with E-state index in [1.807, 2.05) is 5.43 Å². The highest BCUT2D eigenvalue weighted by Crippen LogP contribution is 2.36. The maximum absolute atomic E-state index is 12.8. The van der Waals surface area contributed by atoms with Crippen LogP contribution in [0.4, 0.5) is 26.3 Å². The average Bonchev–Trinajstić information content (AvgIpc) is 2.58. The lowest BCUT2D eigenvalue weighted by Crippen LogP contribution is -2.41. The number of nitrogens with zero attached hydrogens (tertiary/aromatic N) is 1. The van der Waals surface area contributed by atoms with Crippen LogP contribution in [0, 0.1) is 0 Å². The van der Waals surface area contributed by atoms with Gasteiger partial charge in [0.1, 0.15) is 0 Å². The number of rotatable bonds is 2. The summed E-state index contributed by atoms with van der Waals surface area (Å²) in [6.45, 7) is 0. The number of hydrogen-bond donors (Lipinski definition) is 2. The van der Waals surface area contributed by atoms with Gasteiger partial charge in [0.15, 0.2) is 0 Å². The number of amides is 2. The molecule has 0 aliphatic rings. The van der Waals surface area contributed by atoms with Crippen molar-refractivity contribution in [1.82, 2.24) is 15.8 Å². The van der Waals surface area contributed by atoms with Gasteiger partial charge in [-0.25, -0.2) is 0 Å². The van der Waals surface area contributed by atoms with E-state index < -0.39 is 40.9 Å². The SMILES string of the molecule is O=C(NNC(=O)c1cc(C(F)(F)F)cc(C(F)(F)F)c1)c1cccnc1. The van der Waals surface area contributed by atoms with E-state index in [4.69, 9.17) is 0 Å². The third-order valence-corrected chi connectivity index (χ3v) is 3.06. The third-order valence-electron chi connectivity index (χ3n) is 3.06. The molecule has 2 N–H and O–H groups in total. The molecule has 0 unspecified atom stereocenters. The standard InChI is InChI=1S/C15H9F6N3O2/c16-14(17,18)10-4-9(5-11(6-10)15(19,20)21)13(26)24-23-12(25)8-2-1-3-22-7-8/h1-7H,(H,23,25)(H,24,26). The van der Waals surface area contributed by atoms with Crippen LogP contribution < -0.4 is 10.9 Å². The Balaban J connectivity index is 2.23. The Bertz CT molecular complexity index is 786. The van der Waals surface area contributed by atoms with E-state index in [1.165, 1.54) is 18.3 Å². The summed E-state index contributed by atoms with van der Waals surface area (Å²) in [5.41, 5.74) is -0.556. The topological polar surface area (TPSA) is 71.1 Å². The van der Waals surface area contributed by atoms with Crippen molar-refractivity contribution in [3.8, 4) is 0 Å². The highest BCUT2D eigenvalue weighted by Gasteiger charge is 2.37. The number of pyridine rings is 1. The number of aromatic nitrogens is 1. The number of carbonyl (C=O) groups excluding carboxylic acids is 2. The van der Waals surface area contributed by atoms with Crippen molar-refractivity contribution in [2.24, 2.45) is 0 Å².